The van der Waals surface area contributed by atoms with Gasteiger partial charge in [-0.25, -0.2) is 4.68 Å². The van der Waals surface area contributed by atoms with Crippen LogP contribution in [0.5, 0.6) is 11.5 Å². The smallest absolute Gasteiger partial charge is 0.436 e. The number of hydrogen-bond acceptors (Lipinski definition) is 5. The number of rotatable bonds is 3. The van der Waals surface area contributed by atoms with Crippen molar-refractivity contribution < 1.29 is 23.0 Å². The Balaban J connectivity index is 2.33. The van der Waals surface area contributed by atoms with Crippen LogP contribution in [-0.2, 0) is 6.18 Å². The molecule has 0 spiro atoms. The Hall–Kier alpha value is -3.67. The molecule has 0 atom stereocenters. The highest BCUT2D eigenvalue weighted by Crippen LogP contribution is 2.39. The van der Waals surface area contributed by atoms with E-state index in [1.807, 2.05) is 0 Å². The normalized spacial score (nSPS) is 11.2. The molecule has 1 heterocycles. The van der Waals surface area contributed by atoms with Gasteiger partial charge < -0.3 is 15.6 Å². The summed E-state index contributed by atoms with van der Waals surface area (Å²) in [6.45, 7) is 0. The quantitative estimate of drug-likeness (QED) is 0.681. The Kier molecular flexibility index (Phi) is 4.41. The lowest BCUT2D eigenvalue weighted by molar-refractivity contribution is -0.141. The zero-order valence-electron chi connectivity index (χ0n) is 13.9. The number of aromatic hydroxyl groups is 1. The van der Waals surface area contributed by atoms with E-state index in [1.54, 1.807) is 6.07 Å². The Morgan fingerprint density at radius 1 is 1.19 bits per heavy atom. The van der Waals surface area contributed by atoms with E-state index in [0.29, 0.717) is 5.69 Å². The maximum absolute atomic E-state index is 13.4. The number of nitrogen functional groups attached to an aromatic ring is 1. The van der Waals surface area contributed by atoms with E-state index in [2.05, 4.69) is 5.10 Å². The van der Waals surface area contributed by atoms with Crippen molar-refractivity contribution in [3.8, 4) is 34.5 Å². The molecular formula is C18H13F3N4O2. The van der Waals surface area contributed by atoms with E-state index in [-0.39, 0.29) is 28.4 Å². The lowest BCUT2D eigenvalue weighted by Crippen LogP contribution is -2.08. The topological polar surface area (TPSA) is 97.1 Å². The Morgan fingerprint density at radius 2 is 1.85 bits per heavy atom. The Labute approximate surface area is 151 Å². The van der Waals surface area contributed by atoms with Gasteiger partial charge >= 0.3 is 6.18 Å². The van der Waals surface area contributed by atoms with Crippen LogP contribution in [-0.4, -0.2) is 22.0 Å². The molecule has 0 aliphatic rings. The summed E-state index contributed by atoms with van der Waals surface area (Å²) in [6.07, 6.45) is -4.83. The minimum absolute atomic E-state index is 0.104. The second kappa shape index (κ2) is 6.57. The van der Waals surface area contributed by atoms with Crippen LogP contribution in [0.4, 0.5) is 18.9 Å². The van der Waals surface area contributed by atoms with Crippen molar-refractivity contribution in [1.29, 1.82) is 5.26 Å². The standard InChI is InChI=1S/C18H13F3N4O2/c1-27-15-7-2-10(8-14(15)26)16-13(9-22)17(18(19,20)21)24-25(16)12-5-3-11(23)4-6-12/h2-8,26H,23H2,1H3. The number of halogens is 3. The van der Waals surface area contributed by atoms with Crippen molar-refractivity contribution in [2.24, 2.45) is 0 Å². The number of aromatic nitrogens is 2. The molecule has 3 rings (SSSR count). The zero-order valence-corrected chi connectivity index (χ0v) is 13.9. The van der Waals surface area contributed by atoms with Crippen LogP contribution in [0.25, 0.3) is 16.9 Å². The Bertz CT molecular complexity index is 1030. The second-order valence-electron chi connectivity index (χ2n) is 5.57. The van der Waals surface area contributed by atoms with Gasteiger partial charge in [-0.05, 0) is 42.5 Å². The number of alkyl halides is 3. The molecule has 0 aliphatic carbocycles. The number of phenolic OH excluding ortho intramolecular Hbond substituents is 1. The van der Waals surface area contributed by atoms with Crippen LogP contribution in [0.1, 0.15) is 11.3 Å². The lowest BCUT2D eigenvalue weighted by atomic mass is 10.0. The highest BCUT2D eigenvalue weighted by Gasteiger charge is 2.40. The first kappa shape index (κ1) is 18.1. The van der Waals surface area contributed by atoms with Crippen LogP contribution in [0.3, 0.4) is 0 Å². The van der Waals surface area contributed by atoms with Gasteiger partial charge in [0, 0.05) is 11.3 Å². The maximum Gasteiger partial charge on any atom is 0.436 e. The second-order valence-corrected chi connectivity index (χ2v) is 5.57. The minimum atomic E-state index is -4.83. The number of ether oxygens (including phenoxy) is 1. The van der Waals surface area contributed by atoms with E-state index in [4.69, 9.17) is 10.5 Å². The molecule has 0 bridgehead atoms. The van der Waals surface area contributed by atoms with Gasteiger partial charge in [0.25, 0.3) is 0 Å². The van der Waals surface area contributed by atoms with Crippen molar-refractivity contribution >= 4 is 5.69 Å². The summed E-state index contributed by atoms with van der Waals surface area (Å²) < 4.78 is 46.2. The number of nitriles is 1. The average molecular weight is 374 g/mol. The van der Waals surface area contributed by atoms with Gasteiger partial charge in [0.05, 0.1) is 18.5 Å². The van der Waals surface area contributed by atoms with Gasteiger partial charge in [-0.15, -0.1) is 0 Å². The minimum Gasteiger partial charge on any atom is -0.504 e. The van der Waals surface area contributed by atoms with Gasteiger partial charge in [-0.1, -0.05) is 0 Å². The number of benzene rings is 2. The van der Waals surface area contributed by atoms with E-state index >= 15 is 0 Å². The number of phenols is 1. The van der Waals surface area contributed by atoms with E-state index in [1.165, 1.54) is 49.6 Å². The molecule has 0 amide bonds. The third kappa shape index (κ3) is 3.25. The molecule has 0 saturated heterocycles. The summed E-state index contributed by atoms with van der Waals surface area (Å²) in [5.41, 5.74) is 4.43. The Morgan fingerprint density at radius 3 is 2.37 bits per heavy atom. The third-order valence-corrected chi connectivity index (χ3v) is 3.86. The molecule has 3 aromatic rings. The molecule has 9 heteroatoms. The van der Waals surface area contributed by atoms with Crippen molar-refractivity contribution in [2.75, 3.05) is 12.8 Å². The van der Waals surface area contributed by atoms with Crippen molar-refractivity contribution in [1.82, 2.24) is 9.78 Å². The van der Waals surface area contributed by atoms with E-state index in [0.717, 1.165) is 4.68 Å². The van der Waals surface area contributed by atoms with Crippen molar-refractivity contribution in [2.45, 2.75) is 6.18 Å². The summed E-state index contributed by atoms with van der Waals surface area (Å²) in [6, 6.07) is 11.6. The zero-order chi connectivity index (χ0) is 19.8. The number of hydrogen-bond donors (Lipinski definition) is 2. The van der Waals surface area contributed by atoms with Gasteiger partial charge in [0.1, 0.15) is 11.6 Å². The highest BCUT2D eigenvalue weighted by atomic mass is 19.4. The number of anilines is 1. The van der Waals surface area contributed by atoms with E-state index in [9.17, 15) is 23.5 Å². The molecule has 3 N–H and O–H groups in total. The molecule has 0 radical (unpaired) electrons. The highest BCUT2D eigenvalue weighted by molar-refractivity contribution is 5.73. The molecule has 27 heavy (non-hydrogen) atoms. The van der Waals surface area contributed by atoms with Crippen LogP contribution in [0, 0.1) is 11.3 Å². The summed E-state index contributed by atoms with van der Waals surface area (Å²) in [7, 11) is 1.34. The summed E-state index contributed by atoms with van der Waals surface area (Å²) in [5.74, 6) is -0.135. The average Bonchev–Trinajstić information content (AvgIpc) is 3.02. The molecule has 0 aliphatic heterocycles. The van der Waals surface area contributed by atoms with Gasteiger partial charge in [-0.2, -0.15) is 23.5 Å². The van der Waals surface area contributed by atoms with Crippen LogP contribution < -0.4 is 10.5 Å². The number of nitrogens with two attached hydrogens (primary N) is 1. The number of methoxy groups -OCH3 is 1. The SMILES string of the molecule is COc1ccc(-c2c(C#N)c(C(F)(F)F)nn2-c2ccc(N)cc2)cc1O. The summed E-state index contributed by atoms with van der Waals surface area (Å²) in [4.78, 5) is 0. The first-order chi connectivity index (χ1) is 12.8. The van der Waals surface area contributed by atoms with Gasteiger partial charge in [0.15, 0.2) is 17.2 Å². The summed E-state index contributed by atoms with van der Waals surface area (Å²) in [5, 5.41) is 23.0. The van der Waals surface area contributed by atoms with Crippen molar-refractivity contribution in [3.63, 3.8) is 0 Å². The molecule has 138 valence electrons. The molecule has 1 aromatic heterocycles. The van der Waals surface area contributed by atoms with Crippen LogP contribution in [0.15, 0.2) is 42.5 Å². The first-order valence-corrected chi connectivity index (χ1v) is 7.60. The molecule has 0 saturated carbocycles. The fraction of sp³-hybridized carbons (Fsp3) is 0.111. The third-order valence-electron chi connectivity index (χ3n) is 3.86. The first-order valence-electron chi connectivity index (χ1n) is 7.60. The van der Waals surface area contributed by atoms with E-state index < -0.39 is 17.4 Å². The maximum atomic E-state index is 13.4. The van der Waals surface area contributed by atoms with Gasteiger partial charge in [-0.3, -0.25) is 0 Å². The fourth-order valence-electron chi connectivity index (χ4n) is 2.63. The van der Waals surface area contributed by atoms with Crippen molar-refractivity contribution in [3.05, 3.63) is 53.7 Å². The molecular weight excluding hydrogens is 361 g/mol. The molecule has 6 nitrogen and oxygen atoms in total. The number of nitrogens with zero attached hydrogens (tertiary/aromatic N) is 3. The van der Waals surface area contributed by atoms with Gasteiger partial charge in [0.2, 0.25) is 0 Å². The monoisotopic (exact) mass is 374 g/mol. The molecule has 0 fully saturated rings. The fourth-order valence-corrected chi connectivity index (χ4v) is 2.63. The molecule has 0 unspecified atom stereocenters. The molecule has 2 aromatic carbocycles. The lowest BCUT2D eigenvalue weighted by Gasteiger charge is -2.10. The van der Waals surface area contributed by atoms with Crippen LogP contribution in [0.2, 0.25) is 0 Å². The summed E-state index contributed by atoms with van der Waals surface area (Å²) >= 11 is 0. The largest absolute Gasteiger partial charge is 0.504 e. The van der Waals surface area contributed by atoms with Crippen LogP contribution >= 0.6 is 0 Å². The predicted molar refractivity (Wildman–Crippen MR) is 91.3 cm³/mol. The predicted octanol–water partition coefficient (Wildman–Crippen LogP) is 3.73.